The summed E-state index contributed by atoms with van der Waals surface area (Å²) < 4.78 is 0. The van der Waals surface area contributed by atoms with Crippen LogP contribution in [0.5, 0.6) is 0 Å². The number of para-hydroxylation sites is 4. The van der Waals surface area contributed by atoms with Crippen LogP contribution in [0, 0.1) is 55.4 Å². The first-order valence-corrected chi connectivity index (χ1v) is 26.2. The molecule has 0 unspecified atom stereocenters. The van der Waals surface area contributed by atoms with Gasteiger partial charge in [-0.3, -0.25) is 19.2 Å². The summed E-state index contributed by atoms with van der Waals surface area (Å²) in [5.74, 6) is -0.699. The molecule has 0 bridgehead atoms. The predicted octanol–water partition coefficient (Wildman–Crippen LogP) is 12.7. The van der Waals surface area contributed by atoms with Crippen LogP contribution in [0.4, 0.5) is 22.7 Å². The van der Waals surface area contributed by atoms with Gasteiger partial charge in [0.05, 0.1) is 22.7 Å². The van der Waals surface area contributed by atoms with E-state index in [1.165, 1.54) is 0 Å². The second-order valence-electron chi connectivity index (χ2n) is 18.6. The number of rotatable bonds is 12. The zero-order valence-corrected chi connectivity index (χ0v) is 47.9. The van der Waals surface area contributed by atoms with Crippen molar-refractivity contribution in [3.8, 4) is 0 Å². The normalized spacial score (nSPS) is 11.2. The maximum Gasteiger partial charge on any atom is 0.270 e. The molecule has 408 valence electrons. The third kappa shape index (κ3) is 17.2. The smallest absolute Gasteiger partial charge is 0.270 e. The van der Waals surface area contributed by atoms with E-state index in [9.17, 15) is 19.2 Å². The molecule has 0 aliphatic carbocycles. The van der Waals surface area contributed by atoms with E-state index in [4.69, 9.17) is 0 Å². The highest BCUT2D eigenvalue weighted by Crippen LogP contribution is 2.23. The number of hydrogen-bond acceptors (Lipinski definition) is 8. The molecule has 0 heterocycles. The summed E-state index contributed by atoms with van der Waals surface area (Å²) in [6.45, 7) is 15.9. The summed E-state index contributed by atoms with van der Waals surface area (Å²) in [5.41, 5.74) is 16.9. The van der Waals surface area contributed by atoms with Crippen molar-refractivity contribution in [1.29, 1.82) is 0 Å². The lowest BCUT2D eigenvalue weighted by Gasteiger charge is -2.12. The molecule has 80 heavy (non-hydrogen) atoms. The maximum atomic E-state index is 12.2. The summed E-state index contributed by atoms with van der Waals surface area (Å²) in [7, 11) is 6.49. The Balaban J connectivity index is 0.000000196. The minimum atomic E-state index is -0.175. The molecule has 8 aromatic carbocycles. The van der Waals surface area contributed by atoms with Crippen molar-refractivity contribution in [1.82, 2.24) is 21.3 Å². The Hall–Kier alpha value is -9.68. The highest BCUT2D eigenvalue weighted by molar-refractivity contribution is 6.48. The number of benzene rings is 8. The lowest BCUT2D eigenvalue weighted by Crippen LogP contribution is -2.29. The Labute approximate surface area is 472 Å². The van der Waals surface area contributed by atoms with Crippen LogP contribution in [0.25, 0.3) is 0 Å². The molecule has 12 nitrogen and oxygen atoms in total. The van der Waals surface area contributed by atoms with Gasteiger partial charge >= 0.3 is 0 Å². The number of hydrogen-bond donors (Lipinski definition) is 4. The molecule has 0 saturated carbocycles. The van der Waals surface area contributed by atoms with Gasteiger partial charge in [-0.15, -0.1) is 0 Å². The summed E-state index contributed by atoms with van der Waals surface area (Å²) in [5, 5.41) is 10.7. The van der Waals surface area contributed by atoms with E-state index in [-0.39, 0.29) is 23.6 Å². The van der Waals surface area contributed by atoms with E-state index in [1.54, 1.807) is 28.2 Å². The molecule has 0 spiro atoms. The Morgan fingerprint density at radius 3 is 0.525 bits per heavy atom. The van der Waals surface area contributed by atoms with E-state index in [0.717, 1.165) is 89.5 Å². The topological polar surface area (TPSA) is 166 Å². The molecule has 8 aromatic rings. The zero-order chi connectivity index (χ0) is 58.1. The van der Waals surface area contributed by atoms with Crippen LogP contribution in [0.1, 0.15) is 66.8 Å². The fourth-order valence-electron chi connectivity index (χ4n) is 8.63. The summed E-state index contributed by atoms with van der Waals surface area (Å²) in [4.78, 5) is 66.8. The van der Waals surface area contributed by atoms with Gasteiger partial charge in [0.25, 0.3) is 23.6 Å². The first kappa shape index (κ1) is 61.2. The number of amides is 4. The quantitative estimate of drug-likeness (QED) is 0.0895. The molecule has 12 heteroatoms. The average molecular weight is 1070 g/mol. The molecule has 0 aliphatic heterocycles. The standard InChI is InChI=1S/4C17H18N2O/c4*1-12-8-7-9-13(2)15(12)16(17(20)18-3)19-14-10-5-4-6-11-14/h4*4-11H,1-3H3,(H,18,20). The molecule has 8 rings (SSSR count). The third-order valence-corrected chi connectivity index (χ3v) is 12.6. The summed E-state index contributed by atoms with van der Waals surface area (Å²) >= 11 is 0. The van der Waals surface area contributed by atoms with Gasteiger partial charge in [-0.2, -0.15) is 0 Å². The van der Waals surface area contributed by atoms with E-state index in [0.29, 0.717) is 22.8 Å². The van der Waals surface area contributed by atoms with Crippen LogP contribution >= 0.6 is 0 Å². The van der Waals surface area contributed by atoms with Gasteiger partial charge in [-0.1, -0.05) is 146 Å². The van der Waals surface area contributed by atoms with E-state index in [1.807, 2.05) is 250 Å². The minimum absolute atomic E-state index is 0.175. The molecule has 0 aliphatic rings. The number of aryl methyl sites for hydroxylation is 8. The Morgan fingerprint density at radius 1 is 0.237 bits per heavy atom. The molecule has 0 saturated heterocycles. The zero-order valence-electron chi connectivity index (χ0n) is 47.9. The average Bonchev–Trinajstić information content (AvgIpc) is 3.47. The van der Waals surface area contributed by atoms with Gasteiger partial charge in [-0.05, 0) is 148 Å². The maximum absolute atomic E-state index is 12.2. The van der Waals surface area contributed by atoms with Gasteiger partial charge in [0, 0.05) is 50.4 Å². The third-order valence-electron chi connectivity index (χ3n) is 12.6. The van der Waals surface area contributed by atoms with Crippen LogP contribution in [-0.2, 0) is 19.2 Å². The van der Waals surface area contributed by atoms with E-state index < -0.39 is 0 Å². The van der Waals surface area contributed by atoms with Crippen LogP contribution < -0.4 is 21.3 Å². The highest BCUT2D eigenvalue weighted by atomic mass is 16.2. The molecule has 4 amide bonds. The first-order valence-electron chi connectivity index (χ1n) is 26.2. The Morgan fingerprint density at radius 2 is 0.388 bits per heavy atom. The monoisotopic (exact) mass is 1060 g/mol. The fourth-order valence-corrected chi connectivity index (χ4v) is 8.63. The van der Waals surface area contributed by atoms with Crippen molar-refractivity contribution in [2.75, 3.05) is 28.2 Å². The van der Waals surface area contributed by atoms with Gasteiger partial charge in [0.15, 0.2) is 0 Å². The lowest BCUT2D eigenvalue weighted by molar-refractivity contribution is -0.115. The van der Waals surface area contributed by atoms with Crippen molar-refractivity contribution >= 4 is 69.2 Å². The number of likely N-dealkylation sites (N-methyl/N-ethyl adjacent to an activating group) is 4. The number of aliphatic imine (C=N–C) groups is 4. The molecule has 0 fully saturated rings. The number of nitrogens with one attached hydrogen (secondary N) is 4. The van der Waals surface area contributed by atoms with Crippen LogP contribution in [0.3, 0.4) is 0 Å². The fraction of sp³-hybridized carbons (Fsp3) is 0.176. The number of carbonyl (C=O) groups is 4. The van der Waals surface area contributed by atoms with E-state index >= 15 is 0 Å². The molecule has 4 N–H and O–H groups in total. The molecular weight excluding hydrogens is 993 g/mol. The second kappa shape index (κ2) is 30.9. The van der Waals surface area contributed by atoms with Crippen molar-refractivity contribution in [2.45, 2.75) is 55.4 Å². The largest absolute Gasteiger partial charge is 0.354 e. The summed E-state index contributed by atoms with van der Waals surface area (Å²) in [6.07, 6.45) is 0. The Kier molecular flexibility index (Phi) is 23.6. The van der Waals surface area contributed by atoms with Crippen molar-refractivity contribution in [3.63, 3.8) is 0 Å². The number of nitrogens with zero attached hydrogens (tertiary/aromatic N) is 4. The van der Waals surface area contributed by atoms with Crippen LogP contribution in [-0.4, -0.2) is 74.7 Å². The van der Waals surface area contributed by atoms with Gasteiger partial charge in [-0.25, -0.2) is 20.0 Å². The predicted molar refractivity (Wildman–Crippen MR) is 330 cm³/mol. The molecule has 0 radical (unpaired) electrons. The summed E-state index contributed by atoms with van der Waals surface area (Å²) in [6, 6.07) is 61.9. The van der Waals surface area contributed by atoms with Gasteiger partial charge in [0.2, 0.25) is 0 Å². The highest BCUT2D eigenvalue weighted by Gasteiger charge is 2.21. The Bertz CT molecular complexity index is 2970. The van der Waals surface area contributed by atoms with Crippen LogP contribution in [0.2, 0.25) is 0 Å². The van der Waals surface area contributed by atoms with Crippen LogP contribution in [0.15, 0.2) is 214 Å². The van der Waals surface area contributed by atoms with Gasteiger partial charge in [0.1, 0.15) is 22.8 Å². The molecule has 0 aromatic heterocycles. The SMILES string of the molecule is CNC(=O)C(=Nc1ccccc1)c1c(C)cccc1C.CNC(=O)C(=Nc1ccccc1)c1c(C)cccc1C.CNC(=O)C(=Nc1ccccc1)c1c(C)cccc1C.CNC(=O)C(=Nc1ccccc1)c1c(C)cccc1C. The molecular formula is C68H72N8O4. The van der Waals surface area contributed by atoms with Crippen molar-refractivity contribution < 1.29 is 19.2 Å². The van der Waals surface area contributed by atoms with Crippen molar-refractivity contribution in [3.05, 3.63) is 261 Å². The first-order chi connectivity index (χ1) is 38.5. The van der Waals surface area contributed by atoms with Gasteiger partial charge < -0.3 is 21.3 Å². The minimum Gasteiger partial charge on any atom is -0.354 e. The lowest BCUT2D eigenvalue weighted by atomic mass is 9.98. The second-order valence-corrected chi connectivity index (χ2v) is 18.6. The molecule has 0 atom stereocenters. The van der Waals surface area contributed by atoms with E-state index in [2.05, 4.69) is 41.2 Å². The number of carbonyl (C=O) groups excluding carboxylic acids is 4. The van der Waals surface area contributed by atoms with Crippen molar-refractivity contribution in [2.24, 2.45) is 20.0 Å².